The lowest BCUT2D eigenvalue weighted by Crippen LogP contribution is -2.46. The van der Waals surface area contributed by atoms with Gasteiger partial charge in [0.1, 0.15) is 11.0 Å². The van der Waals surface area contributed by atoms with Crippen molar-refractivity contribution < 1.29 is 9.53 Å². The summed E-state index contributed by atoms with van der Waals surface area (Å²) in [5, 5.41) is 1.12. The Hall–Kier alpha value is -2.91. The summed E-state index contributed by atoms with van der Waals surface area (Å²) in [6.45, 7) is 7.16. The first-order chi connectivity index (χ1) is 18.6. The van der Waals surface area contributed by atoms with Gasteiger partial charge in [0, 0.05) is 63.2 Å². The predicted octanol–water partition coefficient (Wildman–Crippen LogP) is 4.73. The summed E-state index contributed by atoms with van der Waals surface area (Å²) in [6.07, 6.45) is 4.40. The van der Waals surface area contributed by atoms with Crippen LogP contribution in [0.2, 0.25) is 5.15 Å². The van der Waals surface area contributed by atoms with Crippen molar-refractivity contribution in [2.75, 3.05) is 63.9 Å². The lowest BCUT2D eigenvalue weighted by Gasteiger charge is -2.35. The third kappa shape index (κ3) is 7.35. The second-order valence-electron chi connectivity index (χ2n) is 9.32. The maximum atomic E-state index is 12.7. The highest BCUT2D eigenvalue weighted by Crippen LogP contribution is 2.25. The molecular weight excluding hydrogens is 518 g/mol. The molecule has 0 N–H and O–H groups in total. The van der Waals surface area contributed by atoms with Gasteiger partial charge >= 0.3 is 0 Å². The molecule has 2 aromatic carbocycles. The molecule has 0 bridgehead atoms. The van der Waals surface area contributed by atoms with Crippen molar-refractivity contribution in [2.45, 2.75) is 10.9 Å². The molecule has 0 saturated carbocycles. The molecule has 3 aromatic rings. The van der Waals surface area contributed by atoms with Crippen LogP contribution >= 0.6 is 23.4 Å². The molecule has 0 radical (unpaired) electrons. The summed E-state index contributed by atoms with van der Waals surface area (Å²) >= 11 is 7.93. The van der Waals surface area contributed by atoms with E-state index in [1.807, 2.05) is 41.3 Å². The van der Waals surface area contributed by atoms with Crippen LogP contribution in [0.4, 0.5) is 5.82 Å². The molecule has 9 heteroatoms. The molecule has 38 heavy (non-hydrogen) atoms. The van der Waals surface area contributed by atoms with Crippen molar-refractivity contribution >= 4 is 41.2 Å². The van der Waals surface area contributed by atoms with Crippen LogP contribution in [0, 0.1) is 0 Å². The normalized spacial score (nSPS) is 16.8. The molecule has 2 aliphatic heterocycles. The van der Waals surface area contributed by atoms with Crippen LogP contribution in [-0.4, -0.2) is 84.7 Å². The monoisotopic (exact) mass is 549 g/mol. The van der Waals surface area contributed by atoms with Crippen LogP contribution in [0.3, 0.4) is 0 Å². The molecule has 1 amide bonds. The summed E-state index contributed by atoms with van der Waals surface area (Å²) in [5.41, 5.74) is 3.04. The molecule has 2 aliphatic rings. The summed E-state index contributed by atoms with van der Waals surface area (Å²) in [4.78, 5) is 28.5. The zero-order chi connectivity index (χ0) is 26.2. The smallest absolute Gasteiger partial charge is 0.254 e. The van der Waals surface area contributed by atoms with Crippen molar-refractivity contribution in [3.05, 3.63) is 88.6 Å². The number of hydrogen-bond donors (Lipinski definition) is 0. The maximum absolute atomic E-state index is 12.7. The van der Waals surface area contributed by atoms with Crippen molar-refractivity contribution in [1.82, 2.24) is 19.8 Å². The molecule has 3 heterocycles. The van der Waals surface area contributed by atoms with E-state index in [2.05, 4.69) is 51.2 Å². The maximum Gasteiger partial charge on any atom is 0.254 e. The van der Waals surface area contributed by atoms with Gasteiger partial charge in [-0.15, -0.1) is 0 Å². The number of anilines is 1. The third-order valence-electron chi connectivity index (χ3n) is 6.70. The van der Waals surface area contributed by atoms with E-state index in [1.165, 1.54) is 5.56 Å². The molecule has 198 valence electrons. The van der Waals surface area contributed by atoms with Gasteiger partial charge < -0.3 is 14.5 Å². The zero-order valence-corrected chi connectivity index (χ0v) is 22.9. The van der Waals surface area contributed by atoms with Crippen LogP contribution in [0.5, 0.6) is 0 Å². The van der Waals surface area contributed by atoms with Gasteiger partial charge in [0.2, 0.25) is 0 Å². The highest BCUT2D eigenvalue weighted by Gasteiger charge is 2.20. The summed E-state index contributed by atoms with van der Waals surface area (Å²) < 4.78 is 5.34. The van der Waals surface area contributed by atoms with E-state index in [4.69, 9.17) is 21.3 Å². The van der Waals surface area contributed by atoms with Crippen LogP contribution in [0.25, 0.3) is 6.08 Å². The Morgan fingerprint density at radius 3 is 2.42 bits per heavy atom. The van der Waals surface area contributed by atoms with E-state index in [0.29, 0.717) is 47.9 Å². The number of carbonyl (C=O) groups excluding carboxylic acids is 1. The van der Waals surface area contributed by atoms with Gasteiger partial charge in [0.05, 0.1) is 13.2 Å². The number of piperazine rings is 1. The lowest BCUT2D eigenvalue weighted by molar-refractivity contribution is 0.0303. The number of thioether (sulfide) groups is 1. The van der Waals surface area contributed by atoms with E-state index in [0.717, 1.165) is 44.1 Å². The average Bonchev–Trinajstić information content (AvgIpc) is 2.97. The number of rotatable bonds is 8. The SMILES string of the molecule is O=C(c1ccc(CSc2nc(Cl)cc(N3CCN(C/C=C/c4ccccc4)CC3)n2)cc1)N1CCOCC1. The number of hydrogen-bond acceptors (Lipinski definition) is 7. The van der Waals surface area contributed by atoms with E-state index >= 15 is 0 Å². The quantitative estimate of drug-likeness (QED) is 0.229. The van der Waals surface area contributed by atoms with Gasteiger partial charge in [-0.05, 0) is 23.3 Å². The number of carbonyl (C=O) groups is 1. The van der Waals surface area contributed by atoms with E-state index in [1.54, 1.807) is 11.8 Å². The van der Waals surface area contributed by atoms with Crippen LogP contribution < -0.4 is 4.90 Å². The van der Waals surface area contributed by atoms with Crippen LogP contribution in [-0.2, 0) is 10.5 Å². The Morgan fingerprint density at radius 1 is 0.947 bits per heavy atom. The van der Waals surface area contributed by atoms with Gasteiger partial charge in [-0.2, -0.15) is 0 Å². The largest absolute Gasteiger partial charge is 0.378 e. The second-order valence-corrected chi connectivity index (χ2v) is 10.7. The fraction of sp³-hybridized carbons (Fsp3) is 0.345. The molecule has 0 atom stereocenters. The van der Waals surface area contributed by atoms with Gasteiger partial charge in [0.25, 0.3) is 5.91 Å². The summed E-state index contributed by atoms with van der Waals surface area (Å²) in [6, 6.07) is 20.0. The van der Waals surface area contributed by atoms with Crippen LogP contribution in [0.1, 0.15) is 21.5 Å². The van der Waals surface area contributed by atoms with Crippen molar-refractivity contribution in [1.29, 1.82) is 0 Å². The minimum absolute atomic E-state index is 0.0580. The Bertz CT molecular complexity index is 1230. The Kier molecular flexibility index (Phi) is 9.30. The number of halogens is 1. The molecule has 2 saturated heterocycles. The number of benzene rings is 2. The number of aromatic nitrogens is 2. The van der Waals surface area contributed by atoms with Crippen LogP contribution in [0.15, 0.2) is 71.9 Å². The van der Waals surface area contributed by atoms with E-state index in [-0.39, 0.29) is 5.91 Å². The van der Waals surface area contributed by atoms with Crippen molar-refractivity contribution in [3.8, 4) is 0 Å². The van der Waals surface area contributed by atoms with E-state index in [9.17, 15) is 4.79 Å². The van der Waals surface area contributed by atoms with Gasteiger partial charge in [-0.25, -0.2) is 9.97 Å². The van der Waals surface area contributed by atoms with Gasteiger partial charge in [0.15, 0.2) is 5.16 Å². The number of morpholine rings is 1. The molecule has 7 nitrogen and oxygen atoms in total. The predicted molar refractivity (Wildman–Crippen MR) is 154 cm³/mol. The third-order valence-corrected chi connectivity index (χ3v) is 7.81. The fourth-order valence-corrected chi connectivity index (χ4v) is 5.55. The lowest BCUT2D eigenvalue weighted by atomic mass is 10.1. The standard InChI is InChI=1S/C29H32ClN5O2S/c30-26-21-27(34-15-13-33(14-16-34)12-4-7-23-5-2-1-3-6-23)32-29(31-26)38-22-24-8-10-25(11-9-24)28(36)35-17-19-37-20-18-35/h1-11,21H,12-20,22H2/b7-4+. The Labute approximate surface area is 233 Å². The zero-order valence-electron chi connectivity index (χ0n) is 21.3. The number of ether oxygens (including phenoxy) is 1. The minimum atomic E-state index is 0.0580. The topological polar surface area (TPSA) is 61.8 Å². The Balaban J connectivity index is 1.12. The molecule has 0 spiro atoms. The van der Waals surface area contributed by atoms with Gasteiger partial charge in [-0.3, -0.25) is 9.69 Å². The Morgan fingerprint density at radius 2 is 1.68 bits per heavy atom. The summed E-state index contributed by atoms with van der Waals surface area (Å²) in [7, 11) is 0. The first-order valence-corrected chi connectivity index (χ1v) is 14.3. The first-order valence-electron chi connectivity index (χ1n) is 13.0. The highest BCUT2D eigenvalue weighted by molar-refractivity contribution is 7.98. The van der Waals surface area contributed by atoms with Gasteiger partial charge in [-0.1, -0.05) is 78.0 Å². The highest BCUT2D eigenvalue weighted by atomic mass is 35.5. The molecule has 5 rings (SSSR count). The second kappa shape index (κ2) is 13.2. The average molecular weight is 550 g/mol. The fourth-order valence-electron chi connectivity index (χ4n) is 4.51. The summed E-state index contributed by atoms with van der Waals surface area (Å²) in [5.74, 6) is 1.63. The van der Waals surface area contributed by atoms with Crippen molar-refractivity contribution in [2.24, 2.45) is 0 Å². The first kappa shape index (κ1) is 26.7. The minimum Gasteiger partial charge on any atom is -0.378 e. The van der Waals surface area contributed by atoms with E-state index < -0.39 is 0 Å². The van der Waals surface area contributed by atoms with Crippen molar-refractivity contribution in [3.63, 3.8) is 0 Å². The number of nitrogens with zero attached hydrogens (tertiary/aromatic N) is 5. The molecule has 0 unspecified atom stereocenters. The molecule has 1 aromatic heterocycles. The number of amides is 1. The molecular formula is C29H32ClN5O2S. The molecule has 2 fully saturated rings. The molecule has 0 aliphatic carbocycles.